The molecule has 3 aromatic rings. The zero-order valence-electron chi connectivity index (χ0n) is 14.7. The van der Waals surface area contributed by atoms with Crippen molar-refractivity contribution in [1.29, 1.82) is 0 Å². The van der Waals surface area contributed by atoms with Crippen molar-refractivity contribution >= 4 is 34.7 Å². The maximum absolute atomic E-state index is 6.32. The Labute approximate surface area is 164 Å². The zero-order valence-corrected chi connectivity index (χ0v) is 16.2. The molecule has 3 aromatic carbocycles. The Kier molecular flexibility index (Phi) is 5.21. The van der Waals surface area contributed by atoms with Crippen LogP contribution in [0.25, 0.3) is 0 Å². The number of benzene rings is 3. The summed E-state index contributed by atoms with van der Waals surface area (Å²) >= 11 is 8.13. The largest absolute Gasteiger partial charge is 0.338 e. The van der Waals surface area contributed by atoms with E-state index in [-0.39, 0.29) is 0 Å². The van der Waals surface area contributed by atoms with E-state index in [4.69, 9.17) is 11.6 Å². The van der Waals surface area contributed by atoms with Gasteiger partial charge in [-0.05, 0) is 49.4 Å². The molecule has 26 heavy (non-hydrogen) atoms. The average molecular weight is 381 g/mol. The highest BCUT2D eigenvalue weighted by Gasteiger charge is 2.25. The van der Waals surface area contributed by atoms with E-state index in [0.717, 1.165) is 18.0 Å². The minimum atomic E-state index is 0.334. The van der Waals surface area contributed by atoms with Crippen molar-refractivity contribution in [2.75, 3.05) is 18.5 Å². The Morgan fingerprint density at radius 2 is 1.65 bits per heavy atom. The van der Waals surface area contributed by atoms with Crippen molar-refractivity contribution in [3.05, 3.63) is 83.4 Å². The number of halogens is 1. The molecule has 0 radical (unpaired) electrons. The minimum Gasteiger partial charge on any atom is -0.338 e. The molecule has 0 spiro atoms. The lowest BCUT2D eigenvalue weighted by Gasteiger charge is -2.35. The summed E-state index contributed by atoms with van der Waals surface area (Å²) < 4.78 is 0. The molecular formula is C22H21ClN2S. The fourth-order valence-corrected chi connectivity index (χ4v) is 4.62. The van der Waals surface area contributed by atoms with Crippen LogP contribution in [-0.4, -0.2) is 19.6 Å². The Hall–Kier alpha value is -1.94. The van der Waals surface area contributed by atoms with Crippen molar-refractivity contribution in [3.63, 3.8) is 0 Å². The molecular weight excluding hydrogens is 360 g/mol. The van der Waals surface area contributed by atoms with Crippen LogP contribution in [0.5, 0.6) is 0 Å². The summed E-state index contributed by atoms with van der Waals surface area (Å²) in [5.74, 6) is 0. The number of hydrogen-bond donors (Lipinski definition) is 1. The van der Waals surface area contributed by atoms with Gasteiger partial charge in [0.2, 0.25) is 0 Å². The maximum Gasteiger partial charge on any atom is 0.0568 e. The molecule has 132 valence electrons. The highest BCUT2D eigenvalue weighted by molar-refractivity contribution is 7.99. The summed E-state index contributed by atoms with van der Waals surface area (Å²) in [5, 5.41) is 4.27. The molecule has 4 rings (SSSR count). The van der Waals surface area contributed by atoms with Gasteiger partial charge in [0.25, 0.3) is 0 Å². The average Bonchev–Trinajstić information content (AvgIpc) is 2.68. The first-order valence-electron chi connectivity index (χ1n) is 8.80. The van der Waals surface area contributed by atoms with Crippen molar-refractivity contribution in [2.45, 2.75) is 22.3 Å². The van der Waals surface area contributed by atoms with Crippen LogP contribution in [-0.2, 0) is 6.42 Å². The second-order valence-electron chi connectivity index (χ2n) is 6.47. The molecule has 1 N–H and O–H groups in total. The van der Waals surface area contributed by atoms with Crippen molar-refractivity contribution in [2.24, 2.45) is 0 Å². The highest BCUT2D eigenvalue weighted by atomic mass is 35.5. The number of hydrogen-bond acceptors (Lipinski definition) is 3. The van der Waals surface area contributed by atoms with E-state index in [1.807, 2.05) is 24.9 Å². The van der Waals surface area contributed by atoms with Gasteiger partial charge in [0.05, 0.1) is 11.4 Å². The normalized spacial score (nSPS) is 13.8. The summed E-state index contributed by atoms with van der Waals surface area (Å²) in [6.07, 6.45) is 0.985. The van der Waals surface area contributed by atoms with E-state index >= 15 is 0 Å². The van der Waals surface area contributed by atoms with Gasteiger partial charge in [-0.1, -0.05) is 65.8 Å². The first-order chi connectivity index (χ1) is 12.7. The first kappa shape index (κ1) is 17.5. The number of para-hydroxylation sites is 1. The number of anilines is 2. The molecule has 1 heterocycles. The summed E-state index contributed by atoms with van der Waals surface area (Å²) in [5.41, 5.74) is 3.79. The first-order valence-corrected chi connectivity index (χ1v) is 9.99. The molecule has 0 saturated heterocycles. The van der Waals surface area contributed by atoms with Gasteiger partial charge in [-0.3, -0.25) is 0 Å². The minimum absolute atomic E-state index is 0.334. The van der Waals surface area contributed by atoms with Gasteiger partial charge in [0, 0.05) is 27.4 Å². The van der Waals surface area contributed by atoms with Gasteiger partial charge < -0.3 is 10.2 Å². The molecule has 4 heteroatoms. The lowest BCUT2D eigenvalue weighted by molar-refractivity contribution is 0.561. The molecule has 0 amide bonds. The quantitative estimate of drug-likeness (QED) is 0.604. The van der Waals surface area contributed by atoms with E-state index in [9.17, 15) is 0 Å². The lowest BCUT2D eigenvalue weighted by Crippen LogP contribution is -2.39. The summed E-state index contributed by atoms with van der Waals surface area (Å²) in [6.45, 7) is 0.885. The molecule has 0 fully saturated rings. The Morgan fingerprint density at radius 1 is 0.923 bits per heavy atom. The lowest BCUT2D eigenvalue weighted by atomic mass is 10.0. The highest BCUT2D eigenvalue weighted by Crippen LogP contribution is 2.48. The van der Waals surface area contributed by atoms with Crippen LogP contribution in [0.3, 0.4) is 0 Å². The van der Waals surface area contributed by atoms with Crippen LogP contribution in [0.4, 0.5) is 11.4 Å². The molecule has 0 saturated carbocycles. The van der Waals surface area contributed by atoms with Gasteiger partial charge in [-0.25, -0.2) is 0 Å². The molecule has 2 nitrogen and oxygen atoms in total. The SMILES string of the molecule is CNC(Cc1ccccc1)CN1c2ccccc2Sc2ccc(Cl)cc21. The molecule has 1 atom stereocenters. The van der Waals surface area contributed by atoms with Crippen LogP contribution < -0.4 is 10.2 Å². The van der Waals surface area contributed by atoms with Crippen LogP contribution in [0.15, 0.2) is 82.6 Å². The van der Waals surface area contributed by atoms with E-state index < -0.39 is 0 Å². The monoisotopic (exact) mass is 380 g/mol. The van der Waals surface area contributed by atoms with E-state index in [0.29, 0.717) is 6.04 Å². The molecule has 0 aromatic heterocycles. The van der Waals surface area contributed by atoms with Gasteiger partial charge in [0.15, 0.2) is 0 Å². The van der Waals surface area contributed by atoms with Gasteiger partial charge in [-0.2, -0.15) is 0 Å². The van der Waals surface area contributed by atoms with Crippen LogP contribution in [0, 0.1) is 0 Å². The predicted octanol–water partition coefficient (Wildman–Crippen LogP) is 5.77. The summed E-state index contributed by atoms with van der Waals surface area (Å²) in [6, 6.07) is 25.7. The zero-order chi connectivity index (χ0) is 17.9. The summed E-state index contributed by atoms with van der Waals surface area (Å²) in [7, 11) is 2.04. The van der Waals surface area contributed by atoms with Crippen molar-refractivity contribution in [3.8, 4) is 0 Å². The summed E-state index contributed by atoms with van der Waals surface area (Å²) in [4.78, 5) is 4.94. The van der Waals surface area contributed by atoms with Gasteiger partial charge >= 0.3 is 0 Å². The van der Waals surface area contributed by atoms with Crippen molar-refractivity contribution < 1.29 is 0 Å². The van der Waals surface area contributed by atoms with E-state index in [1.165, 1.54) is 26.7 Å². The fourth-order valence-electron chi connectivity index (χ4n) is 3.38. The van der Waals surface area contributed by atoms with Crippen LogP contribution in [0.2, 0.25) is 5.02 Å². The number of nitrogens with zero attached hydrogens (tertiary/aromatic N) is 1. The third kappa shape index (κ3) is 3.61. The molecule has 1 unspecified atom stereocenters. The second-order valence-corrected chi connectivity index (χ2v) is 7.99. The third-order valence-corrected chi connectivity index (χ3v) is 6.09. The van der Waals surface area contributed by atoms with Crippen LogP contribution >= 0.6 is 23.4 Å². The predicted molar refractivity (Wildman–Crippen MR) is 112 cm³/mol. The Balaban J connectivity index is 1.67. The van der Waals surface area contributed by atoms with E-state index in [2.05, 4.69) is 76.9 Å². The topological polar surface area (TPSA) is 15.3 Å². The smallest absolute Gasteiger partial charge is 0.0568 e. The Morgan fingerprint density at radius 3 is 2.46 bits per heavy atom. The number of likely N-dealkylation sites (N-methyl/N-ethyl adjacent to an activating group) is 1. The van der Waals surface area contributed by atoms with Gasteiger partial charge in [0.1, 0.15) is 0 Å². The van der Waals surface area contributed by atoms with Crippen molar-refractivity contribution in [1.82, 2.24) is 5.32 Å². The molecule has 0 aliphatic carbocycles. The van der Waals surface area contributed by atoms with Gasteiger partial charge in [-0.15, -0.1) is 0 Å². The Bertz CT molecular complexity index is 898. The molecule has 1 aliphatic rings. The maximum atomic E-state index is 6.32. The molecule has 1 aliphatic heterocycles. The molecule has 0 bridgehead atoms. The number of rotatable bonds is 5. The number of fused-ring (bicyclic) bond motifs is 2. The van der Waals surface area contributed by atoms with E-state index in [1.54, 1.807) is 0 Å². The standard InChI is InChI=1S/C22H21ClN2S/c1-24-18(13-16-7-3-2-4-8-16)15-25-19-9-5-6-10-21(19)26-22-12-11-17(23)14-20(22)25/h2-12,14,18,24H,13,15H2,1H3. The number of nitrogens with one attached hydrogen (secondary N) is 1. The fraction of sp³-hybridized carbons (Fsp3) is 0.182. The second kappa shape index (κ2) is 7.75. The van der Waals surface area contributed by atoms with Crippen LogP contribution in [0.1, 0.15) is 5.56 Å². The third-order valence-electron chi connectivity index (χ3n) is 4.72.